The Labute approximate surface area is 154 Å². The number of ketones is 1. The number of quaternary nitrogens is 1. The molecular formula is C19H25N2O4S+. The van der Waals surface area contributed by atoms with Crippen molar-refractivity contribution in [2.24, 2.45) is 0 Å². The van der Waals surface area contributed by atoms with E-state index in [2.05, 4.69) is 4.72 Å². The minimum Gasteiger partial charge on any atom is -0.463 e. The fourth-order valence-electron chi connectivity index (χ4n) is 3.45. The molecule has 0 unspecified atom stereocenters. The SMILES string of the molecule is CC(=O)c1cccc(S(=O)(=O)NC[C@H](c2ccco2)[NH+]2CCCCC2)c1. The van der Waals surface area contributed by atoms with E-state index >= 15 is 0 Å². The van der Waals surface area contributed by atoms with E-state index in [9.17, 15) is 13.2 Å². The first-order valence-corrected chi connectivity index (χ1v) is 10.4. The molecule has 0 bridgehead atoms. The second-order valence-corrected chi connectivity index (χ2v) is 8.49. The van der Waals surface area contributed by atoms with Crippen LogP contribution in [0.5, 0.6) is 0 Å². The zero-order chi connectivity index (χ0) is 18.6. The molecule has 2 aromatic rings. The van der Waals surface area contributed by atoms with Gasteiger partial charge in [-0.25, -0.2) is 13.1 Å². The Morgan fingerprint density at radius 1 is 1.19 bits per heavy atom. The van der Waals surface area contributed by atoms with Crippen LogP contribution in [-0.2, 0) is 10.0 Å². The maximum absolute atomic E-state index is 12.7. The molecule has 26 heavy (non-hydrogen) atoms. The summed E-state index contributed by atoms with van der Waals surface area (Å²) in [6.07, 6.45) is 5.12. The van der Waals surface area contributed by atoms with Gasteiger partial charge < -0.3 is 9.32 Å². The standard InChI is InChI=1S/C19H24N2O4S/c1-15(22)16-7-5-8-17(13-16)26(23,24)20-14-18(19-9-6-12-25-19)21-10-3-2-4-11-21/h5-9,12-13,18,20H,2-4,10-11,14H2,1H3/p+1/t18-/m1/s1. The lowest BCUT2D eigenvalue weighted by molar-refractivity contribution is -0.935. The molecule has 3 rings (SSSR count). The van der Waals surface area contributed by atoms with Gasteiger partial charge in [0.1, 0.15) is 0 Å². The number of hydrogen-bond donors (Lipinski definition) is 2. The molecule has 1 aromatic carbocycles. The van der Waals surface area contributed by atoms with Crippen LogP contribution in [0.25, 0.3) is 0 Å². The normalized spacial score (nSPS) is 17.1. The van der Waals surface area contributed by atoms with Gasteiger partial charge in [-0.15, -0.1) is 0 Å². The number of hydrogen-bond acceptors (Lipinski definition) is 4. The second kappa shape index (κ2) is 8.16. The fraction of sp³-hybridized carbons (Fsp3) is 0.421. The number of rotatable bonds is 7. The highest BCUT2D eigenvalue weighted by Crippen LogP contribution is 2.15. The maximum Gasteiger partial charge on any atom is 0.240 e. The van der Waals surface area contributed by atoms with Crippen molar-refractivity contribution in [2.45, 2.75) is 37.1 Å². The van der Waals surface area contributed by atoms with E-state index in [-0.39, 0.29) is 23.3 Å². The van der Waals surface area contributed by atoms with Gasteiger partial charge in [0.25, 0.3) is 0 Å². The van der Waals surface area contributed by atoms with E-state index in [0.717, 1.165) is 31.7 Å². The quantitative estimate of drug-likeness (QED) is 0.718. The first-order valence-electron chi connectivity index (χ1n) is 8.96. The van der Waals surface area contributed by atoms with E-state index in [1.165, 1.54) is 30.4 Å². The Balaban J connectivity index is 1.77. The van der Waals surface area contributed by atoms with Crippen molar-refractivity contribution >= 4 is 15.8 Å². The van der Waals surface area contributed by atoms with Crippen LogP contribution in [0, 0.1) is 0 Å². The number of sulfonamides is 1. The highest BCUT2D eigenvalue weighted by molar-refractivity contribution is 7.89. The molecule has 1 atom stereocenters. The van der Waals surface area contributed by atoms with Gasteiger partial charge in [0.2, 0.25) is 10.0 Å². The molecule has 1 fully saturated rings. The van der Waals surface area contributed by atoms with E-state index in [0.29, 0.717) is 5.56 Å². The highest BCUT2D eigenvalue weighted by atomic mass is 32.2. The molecule has 0 amide bonds. The molecule has 6 nitrogen and oxygen atoms in total. The summed E-state index contributed by atoms with van der Waals surface area (Å²) in [7, 11) is -3.70. The maximum atomic E-state index is 12.7. The number of benzene rings is 1. The van der Waals surface area contributed by atoms with Crippen LogP contribution in [0.4, 0.5) is 0 Å². The van der Waals surface area contributed by atoms with Crippen molar-refractivity contribution in [3.05, 3.63) is 54.0 Å². The Kier molecular flexibility index (Phi) is 5.90. The molecule has 140 valence electrons. The molecule has 2 N–H and O–H groups in total. The number of carbonyl (C=O) groups excluding carboxylic acids is 1. The molecule has 7 heteroatoms. The second-order valence-electron chi connectivity index (χ2n) is 6.72. The summed E-state index contributed by atoms with van der Waals surface area (Å²) >= 11 is 0. The predicted octanol–water partition coefficient (Wildman–Crippen LogP) is 1.57. The van der Waals surface area contributed by atoms with Crippen molar-refractivity contribution in [3.63, 3.8) is 0 Å². The topological polar surface area (TPSA) is 80.8 Å². The molecule has 1 saturated heterocycles. The van der Waals surface area contributed by atoms with Crippen LogP contribution in [0.2, 0.25) is 0 Å². The third-order valence-corrected chi connectivity index (χ3v) is 6.32. The number of carbonyl (C=O) groups is 1. The van der Waals surface area contributed by atoms with Crippen molar-refractivity contribution in [1.29, 1.82) is 0 Å². The van der Waals surface area contributed by atoms with Gasteiger partial charge in [-0.2, -0.15) is 0 Å². The summed E-state index contributed by atoms with van der Waals surface area (Å²) in [5.41, 5.74) is 0.386. The number of likely N-dealkylation sites (tertiary alicyclic amines) is 1. The van der Waals surface area contributed by atoms with Crippen molar-refractivity contribution in [1.82, 2.24) is 4.72 Å². The van der Waals surface area contributed by atoms with E-state index in [1.807, 2.05) is 12.1 Å². The summed E-state index contributed by atoms with van der Waals surface area (Å²) in [5.74, 6) is 0.635. The third-order valence-electron chi connectivity index (χ3n) is 4.90. The number of Topliss-reactive ketones (excluding diaryl/α,β-unsaturated/α-hetero) is 1. The van der Waals surface area contributed by atoms with Gasteiger partial charge in [-0.3, -0.25) is 4.79 Å². The molecule has 0 radical (unpaired) electrons. The van der Waals surface area contributed by atoms with E-state index in [4.69, 9.17) is 4.42 Å². The molecule has 1 aliphatic rings. The lowest BCUT2D eigenvalue weighted by Crippen LogP contribution is -3.13. The molecule has 0 saturated carbocycles. The Hall–Kier alpha value is -1.96. The van der Waals surface area contributed by atoms with Crippen LogP contribution in [-0.4, -0.2) is 33.8 Å². The van der Waals surface area contributed by atoms with Crippen LogP contribution in [0.1, 0.15) is 48.3 Å². The number of nitrogens with one attached hydrogen (secondary N) is 2. The number of furan rings is 1. The molecule has 0 aliphatic carbocycles. The monoisotopic (exact) mass is 377 g/mol. The minimum atomic E-state index is -3.70. The molecular weight excluding hydrogens is 352 g/mol. The summed E-state index contributed by atoms with van der Waals surface area (Å²) in [6.45, 7) is 3.70. The predicted molar refractivity (Wildman–Crippen MR) is 97.6 cm³/mol. The summed E-state index contributed by atoms with van der Waals surface area (Å²) in [5, 5.41) is 0. The van der Waals surface area contributed by atoms with Gasteiger partial charge in [-0.05, 0) is 50.5 Å². The first kappa shape index (κ1) is 18.8. The van der Waals surface area contributed by atoms with Gasteiger partial charge in [0.05, 0.1) is 30.8 Å². The van der Waals surface area contributed by atoms with Gasteiger partial charge >= 0.3 is 0 Å². The lowest BCUT2D eigenvalue weighted by Gasteiger charge is -2.30. The van der Waals surface area contributed by atoms with Crippen LogP contribution < -0.4 is 9.62 Å². The smallest absolute Gasteiger partial charge is 0.240 e. The van der Waals surface area contributed by atoms with Gasteiger partial charge in [0, 0.05) is 5.56 Å². The van der Waals surface area contributed by atoms with E-state index < -0.39 is 10.0 Å². The van der Waals surface area contributed by atoms with Gasteiger partial charge in [0.15, 0.2) is 17.6 Å². The molecule has 0 spiro atoms. The third kappa shape index (κ3) is 4.41. The fourth-order valence-corrected chi connectivity index (χ4v) is 4.54. The Morgan fingerprint density at radius 2 is 1.96 bits per heavy atom. The van der Waals surface area contributed by atoms with Crippen molar-refractivity contribution in [2.75, 3.05) is 19.6 Å². The zero-order valence-electron chi connectivity index (χ0n) is 14.9. The van der Waals surface area contributed by atoms with Crippen LogP contribution >= 0.6 is 0 Å². The number of piperidine rings is 1. The summed E-state index contributed by atoms with van der Waals surface area (Å²) < 4.78 is 33.7. The summed E-state index contributed by atoms with van der Waals surface area (Å²) in [6, 6.07) is 9.80. The first-order chi connectivity index (χ1) is 12.5. The van der Waals surface area contributed by atoms with Crippen LogP contribution in [0.3, 0.4) is 0 Å². The molecule has 1 aliphatic heterocycles. The van der Waals surface area contributed by atoms with Crippen molar-refractivity contribution < 1.29 is 22.5 Å². The zero-order valence-corrected chi connectivity index (χ0v) is 15.7. The molecule has 1 aromatic heterocycles. The highest BCUT2D eigenvalue weighted by Gasteiger charge is 2.30. The van der Waals surface area contributed by atoms with Gasteiger partial charge in [-0.1, -0.05) is 12.1 Å². The lowest BCUT2D eigenvalue weighted by atomic mass is 10.1. The average molecular weight is 377 g/mol. The molecule has 2 heterocycles. The largest absolute Gasteiger partial charge is 0.463 e. The Morgan fingerprint density at radius 3 is 2.62 bits per heavy atom. The summed E-state index contributed by atoms with van der Waals surface area (Å²) in [4.78, 5) is 13.0. The van der Waals surface area contributed by atoms with Crippen molar-refractivity contribution in [3.8, 4) is 0 Å². The average Bonchev–Trinajstić information content (AvgIpc) is 3.17. The van der Waals surface area contributed by atoms with Crippen LogP contribution in [0.15, 0.2) is 52.0 Å². The Bertz CT molecular complexity index is 840. The minimum absolute atomic E-state index is 0.0592. The van der Waals surface area contributed by atoms with E-state index in [1.54, 1.807) is 18.4 Å².